The Labute approximate surface area is 185 Å². The minimum atomic E-state index is -4.47. The van der Waals surface area contributed by atoms with Crippen molar-refractivity contribution in [1.82, 2.24) is 15.0 Å². The Bertz CT molecular complexity index is 1050. The van der Waals surface area contributed by atoms with E-state index in [1.54, 1.807) is 23.1 Å². The third-order valence-electron chi connectivity index (χ3n) is 4.32. The van der Waals surface area contributed by atoms with Crippen molar-refractivity contribution in [2.24, 2.45) is 0 Å². The Balaban J connectivity index is 1.67. The molecule has 2 aromatic carbocycles. The summed E-state index contributed by atoms with van der Waals surface area (Å²) < 4.78 is 43.9. The standard InChI is InChI=1S/C20H17Cl2F3N4O2/c1-2-29(10-16(30)26-18-14(21)7-4-8-15(18)22)11-17-27-19(28-31-17)12-5-3-6-13(9-12)20(23,24)25/h3-9H,2,10-11H2,1H3,(H,26,30). The molecule has 1 N–H and O–H groups in total. The number of rotatable bonds is 7. The second-order valence-electron chi connectivity index (χ2n) is 6.54. The zero-order valence-corrected chi connectivity index (χ0v) is 17.7. The van der Waals surface area contributed by atoms with Crippen LogP contribution < -0.4 is 5.32 Å². The first-order valence-corrected chi connectivity index (χ1v) is 9.89. The Hall–Kier alpha value is -2.62. The van der Waals surface area contributed by atoms with E-state index in [2.05, 4.69) is 15.5 Å². The van der Waals surface area contributed by atoms with Crippen LogP contribution in [0.1, 0.15) is 18.4 Å². The highest BCUT2D eigenvalue weighted by atomic mass is 35.5. The van der Waals surface area contributed by atoms with Crippen LogP contribution in [0.25, 0.3) is 11.4 Å². The van der Waals surface area contributed by atoms with Gasteiger partial charge in [0.1, 0.15) is 0 Å². The summed E-state index contributed by atoms with van der Waals surface area (Å²) in [6, 6.07) is 9.53. The summed E-state index contributed by atoms with van der Waals surface area (Å²) in [5, 5.41) is 7.04. The minimum absolute atomic E-state index is 0.0146. The summed E-state index contributed by atoms with van der Waals surface area (Å²) in [5.74, 6) is -0.156. The first-order chi connectivity index (χ1) is 14.7. The van der Waals surface area contributed by atoms with Crippen molar-refractivity contribution in [3.63, 3.8) is 0 Å². The van der Waals surface area contributed by atoms with Crippen molar-refractivity contribution in [2.75, 3.05) is 18.4 Å². The van der Waals surface area contributed by atoms with E-state index in [0.717, 1.165) is 12.1 Å². The molecule has 1 amide bonds. The normalized spacial score (nSPS) is 11.7. The molecule has 0 radical (unpaired) electrons. The monoisotopic (exact) mass is 472 g/mol. The molecule has 0 spiro atoms. The number of hydrogen-bond acceptors (Lipinski definition) is 5. The van der Waals surface area contributed by atoms with Crippen molar-refractivity contribution >= 4 is 34.8 Å². The van der Waals surface area contributed by atoms with Crippen LogP contribution in [0.4, 0.5) is 18.9 Å². The van der Waals surface area contributed by atoms with E-state index in [1.165, 1.54) is 12.1 Å². The molecule has 0 aliphatic rings. The highest BCUT2D eigenvalue weighted by molar-refractivity contribution is 6.39. The summed E-state index contributed by atoms with van der Waals surface area (Å²) in [6.45, 7) is 2.43. The SMILES string of the molecule is CCN(CC(=O)Nc1c(Cl)cccc1Cl)Cc1nc(-c2cccc(C(F)(F)F)c2)no1. The lowest BCUT2D eigenvalue weighted by atomic mass is 10.1. The summed E-state index contributed by atoms with van der Waals surface area (Å²) >= 11 is 12.1. The number of para-hydroxylation sites is 1. The molecule has 0 fully saturated rings. The van der Waals surface area contributed by atoms with Crippen molar-refractivity contribution in [2.45, 2.75) is 19.6 Å². The Morgan fingerprint density at radius 3 is 2.48 bits per heavy atom. The molecule has 6 nitrogen and oxygen atoms in total. The van der Waals surface area contributed by atoms with E-state index >= 15 is 0 Å². The Morgan fingerprint density at radius 2 is 1.84 bits per heavy atom. The van der Waals surface area contributed by atoms with Crippen LogP contribution in [-0.2, 0) is 17.5 Å². The molecule has 3 aromatic rings. The smallest absolute Gasteiger partial charge is 0.338 e. The number of benzene rings is 2. The quantitative estimate of drug-likeness (QED) is 0.489. The van der Waals surface area contributed by atoms with Gasteiger partial charge in [-0.1, -0.05) is 53.5 Å². The van der Waals surface area contributed by atoms with Crippen molar-refractivity contribution < 1.29 is 22.5 Å². The maximum absolute atomic E-state index is 12.9. The fourth-order valence-corrected chi connectivity index (χ4v) is 3.23. The van der Waals surface area contributed by atoms with E-state index in [0.29, 0.717) is 22.3 Å². The first kappa shape index (κ1) is 23.1. The zero-order valence-electron chi connectivity index (χ0n) is 16.2. The van der Waals surface area contributed by atoms with Crippen LogP contribution in [0.15, 0.2) is 47.0 Å². The molecule has 0 saturated heterocycles. The molecule has 164 valence electrons. The van der Waals surface area contributed by atoms with E-state index < -0.39 is 11.7 Å². The second kappa shape index (κ2) is 9.67. The molecule has 11 heteroatoms. The fraction of sp³-hybridized carbons (Fsp3) is 0.250. The fourth-order valence-electron chi connectivity index (χ4n) is 2.74. The van der Waals surface area contributed by atoms with Gasteiger partial charge in [-0.3, -0.25) is 9.69 Å². The highest BCUT2D eigenvalue weighted by Gasteiger charge is 2.30. The van der Waals surface area contributed by atoms with E-state index in [1.807, 2.05) is 6.92 Å². The summed E-state index contributed by atoms with van der Waals surface area (Å²) in [7, 11) is 0. The molecule has 0 bridgehead atoms. The average Bonchev–Trinajstić information content (AvgIpc) is 3.18. The highest BCUT2D eigenvalue weighted by Crippen LogP contribution is 2.32. The van der Waals surface area contributed by atoms with Crippen molar-refractivity contribution in [1.29, 1.82) is 0 Å². The molecular formula is C20H17Cl2F3N4O2. The van der Waals surface area contributed by atoms with Gasteiger partial charge >= 0.3 is 6.18 Å². The number of amides is 1. The molecule has 3 rings (SSSR count). The van der Waals surface area contributed by atoms with Gasteiger partial charge in [0.15, 0.2) is 0 Å². The zero-order chi connectivity index (χ0) is 22.6. The predicted molar refractivity (Wildman–Crippen MR) is 111 cm³/mol. The van der Waals surface area contributed by atoms with E-state index in [4.69, 9.17) is 27.7 Å². The van der Waals surface area contributed by atoms with Gasteiger partial charge in [-0.2, -0.15) is 18.2 Å². The molecule has 31 heavy (non-hydrogen) atoms. The van der Waals surface area contributed by atoms with Gasteiger partial charge in [0.25, 0.3) is 0 Å². The number of halogens is 5. The molecular weight excluding hydrogens is 456 g/mol. The van der Waals surface area contributed by atoms with Crippen LogP contribution in [0.2, 0.25) is 10.0 Å². The maximum Gasteiger partial charge on any atom is 0.416 e. The number of anilines is 1. The summed E-state index contributed by atoms with van der Waals surface area (Å²) in [4.78, 5) is 18.3. The molecule has 0 aliphatic carbocycles. The van der Waals surface area contributed by atoms with Crippen LogP contribution >= 0.6 is 23.2 Å². The number of nitrogens with one attached hydrogen (secondary N) is 1. The van der Waals surface area contributed by atoms with E-state index in [-0.39, 0.29) is 36.3 Å². The van der Waals surface area contributed by atoms with Gasteiger partial charge in [0.05, 0.1) is 34.4 Å². The molecule has 0 saturated carbocycles. The average molecular weight is 473 g/mol. The number of likely N-dealkylation sites (N-methyl/N-ethyl adjacent to an activating group) is 1. The lowest BCUT2D eigenvalue weighted by molar-refractivity contribution is -0.137. The number of alkyl halides is 3. The third-order valence-corrected chi connectivity index (χ3v) is 4.95. The molecule has 0 unspecified atom stereocenters. The van der Waals surface area contributed by atoms with Gasteiger partial charge in [-0.05, 0) is 30.8 Å². The molecule has 1 aromatic heterocycles. The van der Waals surface area contributed by atoms with Crippen molar-refractivity contribution in [3.8, 4) is 11.4 Å². The van der Waals surface area contributed by atoms with Gasteiger partial charge in [-0.15, -0.1) is 0 Å². The molecule has 0 aliphatic heterocycles. The maximum atomic E-state index is 12.9. The summed E-state index contributed by atoms with van der Waals surface area (Å²) in [5.41, 5.74) is -0.308. The largest absolute Gasteiger partial charge is 0.416 e. The second-order valence-corrected chi connectivity index (χ2v) is 7.35. The van der Waals surface area contributed by atoms with Crippen LogP contribution in [0, 0.1) is 0 Å². The topological polar surface area (TPSA) is 71.3 Å². The Kier molecular flexibility index (Phi) is 7.19. The molecule has 1 heterocycles. The van der Waals surface area contributed by atoms with Gasteiger partial charge in [0.2, 0.25) is 17.6 Å². The predicted octanol–water partition coefficient (Wildman–Crippen LogP) is 5.52. The third kappa shape index (κ3) is 5.96. The first-order valence-electron chi connectivity index (χ1n) is 9.13. The lowest BCUT2D eigenvalue weighted by Crippen LogP contribution is -2.33. The van der Waals surface area contributed by atoms with Crippen molar-refractivity contribution in [3.05, 3.63) is 64.0 Å². The molecule has 0 atom stereocenters. The number of carbonyl (C=O) groups excluding carboxylic acids is 1. The lowest BCUT2D eigenvalue weighted by Gasteiger charge is -2.18. The number of aromatic nitrogens is 2. The van der Waals surface area contributed by atoms with Gasteiger partial charge in [-0.25, -0.2) is 0 Å². The van der Waals surface area contributed by atoms with E-state index in [9.17, 15) is 18.0 Å². The number of nitrogens with zero attached hydrogens (tertiary/aromatic N) is 3. The Morgan fingerprint density at radius 1 is 1.16 bits per heavy atom. The van der Waals surface area contributed by atoms with Crippen LogP contribution in [0.3, 0.4) is 0 Å². The van der Waals surface area contributed by atoms with Gasteiger partial charge < -0.3 is 9.84 Å². The van der Waals surface area contributed by atoms with Gasteiger partial charge in [0, 0.05) is 5.56 Å². The summed E-state index contributed by atoms with van der Waals surface area (Å²) in [6.07, 6.45) is -4.47. The minimum Gasteiger partial charge on any atom is -0.338 e. The van der Waals surface area contributed by atoms with Crippen LogP contribution in [0.5, 0.6) is 0 Å². The number of carbonyl (C=O) groups is 1. The number of hydrogen-bond donors (Lipinski definition) is 1. The van der Waals surface area contributed by atoms with Crippen LogP contribution in [-0.4, -0.2) is 34.0 Å².